The summed E-state index contributed by atoms with van der Waals surface area (Å²) in [6, 6.07) is 3.89. The fraction of sp³-hybridized carbons (Fsp3) is 0.333. The van der Waals surface area contributed by atoms with Crippen molar-refractivity contribution in [2.45, 2.75) is 6.92 Å². The third-order valence-electron chi connectivity index (χ3n) is 1.55. The molecule has 5 heteroatoms. The molecule has 0 unspecified atom stereocenters. The van der Waals surface area contributed by atoms with Crippen LogP contribution in [0.4, 0.5) is 0 Å². The molecule has 76 valence electrons. The Hall–Kier alpha value is -1.36. The number of thiophene rings is 1. The van der Waals surface area contributed by atoms with E-state index in [1.807, 2.05) is 24.4 Å². The van der Waals surface area contributed by atoms with Crippen LogP contribution >= 0.6 is 11.3 Å². The van der Waals surface area contributed by atoms with E-state index in [2.05, 4.69) is 10.5 Å². The summed E-state index contributed by atoms with van der Waals surface area (Å²) in [6.07, 6.45) is 0. The van der Waals surface area contributed by atoms with Crippen LogP contribution in [0.3, 0.4) is 0 Å². The Kier molecular flexibility index (Phi) is 4.12. The molecule has 0 aliphatic rings. The number of rotatable bonds is 4. The minimum absolute atomic E-state index is 0.0424. The van der Waals surface area contributed by atoms with Crippen LogP contribution in [0.2, 0.25) is 0 Å². The van der Waals surface area contributed by atoms with Crippen LogP contribution in [0.5, 0.6) is 0 Å². The van der Waals surface area contributed by atoms with Gasteiger partial charge in [-0.05, 0) is 18.4 Å². The predicted octanol–water partition coefficient (Wildman–Crippen LogP) is 1.23. The number of hydrogen-bond donors (Lipinski definition) is 1. The molecular formula is C9H12N2O2S. The number of oxime groups is 1. The normalized spacial score (nSPS) is 11.1. The number of likely N-dealkylation sites (N-methyl/N-ethyl adjacent to an activating group) is 1. The second kappa shape index (κ2) is 5.39. The van der Waals surface area contributed by atoms with E-state index in [0.29, 0.717) is 0 Å². The first-order valence-corrected chi connectivity index (χ1v) is 5.03. The Labute approximate surface area is 86.6 Å². The Morgan fingerprint density at radius 2 is 2.50 bits per heavy atom. The summed E-state index contributed by atoms with van der Waals surface area (Å²) in [5, 5.41) is 8.23. The fourth-order valence-corrected chi connectivity index (χ4v) is 1.46. The molecule has 4 nitrogen and oxygen atoms in total. The van der Waals surface area contributed by atoms with Gasteiger partial charge in [-0.3, -0.25) is 4.79 Å². The minimum Gasteiger partial charge on any atom is -0.385 e. The summed E-state index contributed by atoms with van der Waals surface area (Å²) in [5.74, 6) is -0.187. The zero-order valence-corrected chi connectivity index (χ0v) is 8.93. The highest BCUT2D eigenvalue weighted by Crippen LogP contribution is 2.09. The van der Waals surface area contributed by atoms with Crippen molar-refractivity contribution in [3.8, 4) is 0 Å². The van der Waals surface area contributed by atoms with Crippen LogP contribution in [0.1, 0.15) is 11.8 Å². The SMILES string of the molecule is CNC(=O)CON=C(C)c1cccs1. The van der Waals surface area contributed by atoms with Crippen molar-refractivity contribution < 1.29 is 9.63 Å². The summed E-state index contributed by atoms with van der Waals surface area (Å²) in [7, 11) is 1.56. The first-order valence-electron chi connectivity index (χ1n) is 4.15. The number of hydrogen-bond acceptors (Lipinski definition) is 4. The fourth-order valence-electron chi connectivity index (χ4n) is 0.789. The standard InChI is InChI=1S/C9H12N2O2S/c1-7(8-4-3-5-14-8)11-13-6-9(12)10-2/h3-5H,6H2,1-2H3,(H,10,12). The van der Waals surface area contributed by atoms with Crippen LogP contribution in [-0.2, 0) is 9.63 Å². The second-order valence-corrected chi connectivity index (χ2v) is 3.55. The van der Waals surface area contributed by atoms with E-state index in [0.717, 1.165) is 10.6 Å². The summed E-state index contributed by atoms with van der Waals surface area (Å²) in [5.41, 5.74) is 0.781. The Balaban J connectivity index is 2.42. The van der Waals surface area contributed by atoms with Crippen molar-refractivity contribution >= 4 is 23.0 Å². The molecule has 0 spiro atoms. The van der Waals surface area contributed by atoms with E-state index in [1.165, 1.54) is 0 Å². The van der Waals surface area contributed by atoms with Crippen LogP contribution < -0.4 is 5.32 Å². The van der Waals surface area contributed by atoms with Gasteiger partial charge in [-0.2, -0.15) is 0 Å². The van der Waals surface area contributed by atoms with Gasteiger partial charge < -0.3 is 10.2 Å². The molecule has 1 aromatic rings. The topological polar surface area (TPSA) is 50.7 Å². The monoisotopic (exact) mass is 212 g/mol. The van der Waals surface area contributed by atoms with Crippen LogP contribution in [-0.4, -0.2) is 25.3 Å². The lowest BCUT2D eigenvalue weighted by molar-refractivity contribution is -0.125. The molecule has 0 saturated heterocycles. The number of amides is 1. The van der Waals surface area contributed by atoms with Gasteiger partial charge >= 0.3 is 0 Å². The van der Waals surface area contributed by atoms with E-state index in [1.54, 1.807) is 18.4 Å². The Morgan fingerprint density at radius 1 is 1.71 bits per heavy atom. The number of nitrogens with one attached hydrogen (secondary N) is 1. The Morgan fingerprint density at radius 3 is 3.07 bits per heavy atom. The van der Waals surface area contributed by atoms with E-state index in [9.17, 15) is 4.79 Å². The summed E-state index contributed by atoms with van der Waals surface area (Å²) in [4.78, 5) is 16.7. The molecule has 0 atom stereocenters. The lowest BCUT2D eigenvalue weighted by Gasteiger charge is -1.99. The van der Waals surface area contributed by atoms with Crippen molar-refractivity contribution in [3.05, 3.63) is 22.4 Å². The quantitative estimate of drug-likeness (QED) is 0.603. The summed E-state index contributed by atoms with van der Waals surface area (Å²) >= 11 is 1.58. The maximum Gasteiger partial charge on any atom is 0.260 e. The molecule has 0 radical (unpaired) electrons. The molecule has 1 aromatic heterocycles. The lowest BCUT2D eigenvalue weighted by Crippen LogP contribution is -2.22. The van der Waals surface area contributed by atoms with Gasteiger partial charge in [0.1, 0.15) is 0 Å². The zero-order valence-electron chi connectivity index (χ0n) is 8.11. The van der Waals surface area contributed by atoms with Crippen LogP contribution in [0.15, 0.2) is 22.7 Å². The molecule has 0 aromatic carbocycles. The van der Waals surface area contributed by atoms with Crippen LogP contribution in [0.25, 0.3) is 0 Å². The van der Waals surface area contributed by atoms with Crippen LogP contribution in [0, 0.1) is 0 Å². The maximum absolute atomic E-state index is 10.8. The van der Waals surface area contributed by atoms with E-state index in [4.69, 9.17) is 4.84 Å². The molecule has 1 amide bonds. The molecule has 1 rings (SSSR count). The average molecular weight is 212 g/mol. The lowest BCUT2D eigenvalue weighted by atomic mass is 10.3. The van der Waals surface area contributed by atoms with E-state index in [-0.39, 0.29) is 12.5 Å². The van der Waals surface area contributed by atoms with Crippen molar-refractivity contribution in [1.82, 2.24) is 5.32 Å². The second-order valence-electron chi connectivity index (χ2n) is 2.60. The molecule has 14 heavy (non-hydrogen) atoms. The smallest absolute Gasteiger partial charge is 0.260 e. The molecule has 0 aliphatic carbocycles. The van der Waals surface area contributed by atoms with Gasteiger partial charge in [-0.25, -0.2) is 0 Å². The van der Waals surface area contributed by atoms with Gasteiger partial charge in [0.05, 0.1) is 10.6 Å². The summed E-state index contributed by atoms with van der Waals surface area (Å²) < 4.78 is 0. The van der Waals surface area contributed by atoms with E-state index < -0.39 is 0 Å². The molecule has 0 saturated carbocycles. The molecule has 0 bridgehead atoms. The molecular weight excluding hydrogens is 200 g/mol. The third kappa shape index (κ3) is 3.18. The predicted molar refractivity (Wildman–Crippen MR) is 56.5 cm³/mol. The van der Waals surface area contributed by atoms with Gasteiger partial charge in [0.2, 0.25) is 0 Å². The van der Waals surface area contributed by atoms with Crippen molar-refractivity contribution in [1.29, 1.82) is 0 Å². The third-order valence-corrected chi connectivity index (χ3v) is 2.53. The van der Waals surface area contributed by atoms with Crippen molar-refractivity contribution in [2.24, 2.45) is 5.16 Å². The molecule has 1 heterocycles. The van der Waals surface area contributed by atoms with Crippen molar-refractivity contribution in [2.75, 3.05) is 13.7 Å². The minimum atomic E-state index is -0.187. The first kappa shape index (κ1) is 10.7. The Bertz CT molecular complexity index is 320. The van der Waals surface area contributed by atoms with Gasteiger partial charge in [-0.15, -0.1) is 11.3 Å². The highest BCUT2D eigenvalue weighted by molar-refractivity contribution is 7.12. The van der Waals surface area contributed by atoms with Gasteiger partial charge in [0.25, 0.3) is 5.91 Å². The van der Waals surface area contributed by atoms with Crippen molar-refractivity contribution in [3.63, 3.8) is 0 Å². The number of nitrogens with zero attached hydrogens (tertiary/aromatic N) is 1. The molecule has 1 N–H and O–H groups in total. The number of carbonyl (C=O) groups is 1. The first-order chi connectivity index (χ1) is 6.74. The number of carbonyl (C=O) groups excluding carboxylic acids is 1. The molecule has 0 fully saturated rings. The maximum atomic E-state index is 10.8. The van der Waals surface area contributed by atoms with Gasteiger partial charge in [0.15, 0.2) is 6.61 Å². The van der Waals surface area contributed by atoms with Gasteiger partial charge in [0, 0.05) is 7.05 Å². The largest absolute Gasteiger partial charge is 0.385 e. The van der Waals surface area contributed by atoms with E-state index >= 15 is 0 Å². The van der Waals surface area contributed by atoms with Gasteiger partial charge in [-0.1, -0.05) is 11.2 Å². The zero-order chi connectivity index (χ0) is 10.4. The highest BCUT2D eigenvalue weighted by atomic mass is 32.1. The summed E-state index contributed by atoms with van der Waals surface area (Å²) in [6.45, 7) is 1.80. The molecule has 0 aliphatic heterocycles. The highest BCUT2D eigenvalue weighted by Gasteiger charge is 2.00. The average Bonchev–Trinajstić information content (AvgIpc) is 2.70.